The standard InChI is InChI=1S/C10H15NO/c1-2-3-4-7-11-9-5-6-10(12)8-9/h2-3,8,11H,4-7H2,1H3/b3-2+. The van der Waals surface area contributed by atoms with Crippen molar-refractivity contribution in [1.82, 2.24) is 5.32 Å². The Bertz CT molecular complexity index is 216. The maximum absolute atomic E-state index is 10.8. The zero-order valence-electron chi connectivity index (χ0n) is 7.47. The van der Waals surface area contributed by atoms with Gasteiger partial charge in [-0.15, -0.1) is 0 Å². The molecule has 0 aromatic rings. The molecule has 66 valence electrons. The second-order valence-electron chi connectivity index (χ2n) is 2.92. The van der Waals surface area contributed by atoms with Crippen molar-refractivity contribution in [3.63, 3.8) is 0 Å². The Labute approximate surface area is 73.4 Å². The fourth-order valence-electron chi connectivity index (χ4n) is 1.22. The van der Waals surface area contributed by atoms with E-state index in [2.05, 4.69) is 11.4 Å². The summed E-state index contributed by atoms with van der Waals surface area (Å²) in [6.07, 6.45) is 8.48. The Morgan fingerprint density at radius 2 is 2.42 bits per heavy atom. The van der Waals surface area contributed by atoms with Crippen LogP contribution in [0.2, 0.25) is 0 Å². The monoisotopic (exact) mass is 165 g/mol. The molecule has 1 aliphatic rings. The highest BCUT2D eigenvalue weighted by atomic mass is 16.1. The van der Waals surface area contributed by atoms with E-state index in [1.807, 2.05) is 13.0 Å². The van der Waals surface area contributed by atoms with E-state index in [0.29, 0.717) is 6.42 Å². The quantitative estimate of drug-likeness (QED) is 0.508. The molecule has 1 N–H and O–H groups in total. The van der Waals surface area contributed by atoms with Crippen molar-refractivity contribution in [3.05, 3.63) is 23.9 Å². The van der Waals surface area contributed by atoms with Crippen LogP contribution in [0.1, 0.15) is 26.2 Å². The van der Waals surface area contributed by atoms with Gasteiger partial charge in [0.05, 0.1) is 0 Å². The highest BCUT2D eigenvalue weighted by Crippen LogP contribution is 2.11. The molecular weight excluding hydrogens is 150 g/mol. The number of hydrogen-bond donors (Lipinski definition) is 1. The van der Waals surface area contributed by atoms with Crippen LogP contribution in [-0.2, 0) is 4.79 Å². The van der Waals surface area contributed by atoms with Gasteiger partial charge in [0.2, 0.25) is 0 Å². The molecule has 0 saturated heterocycles. The minimum Gasteiger partial charge on any atom is -0.388 e. The molecule has 2 nitrogen and oxygen atoms in total. The van der Waals surface area contributed by atoms with Gasteiger partial charge >= 0.3 is 0 Å². The highest BCUT2D eigenvalue weighted by Gasteiger charge is 2.10. The van der Waals surface area contributed by atoms with E-state index in [-0.39, 0.29) is 5.78 Å². The molecule has 0 amide bonds. The minimum atomic E-state index is 0.253. The summed E-state index contributed by atoms with van der Waals surface area (Å²) in [6.45, 7) is 2.95. The summed E-state index contributed by atoms with van der Waals surface area (Å²) >= 11 is 0. The van der Waals surface area contributed by atoms with E-state index < -0.39 is 0 Å². The van der Waals surface area contributed by atoms with Crippen LogP contribution in [0.3, 0.4) is 0 Å². The molecule has 1 rings (SSSR count). The minimum absolute atomic E-state index is 0.253. The second kappa shape index (κ2) is 4.75. The molecule has 0 heterocycles. The molecule has 1 aliphatic carbocycles. The molecule has 0 unspecified atom stereocenters. The Hall–Kier alpha value is -1.05. The van der Waals surface area contributed by atoms with Gasteiger partial charge in [0.25, 0.3) is 0 Å². The van der Waals surface area contributed by atoms with Crippen LogP contribution in [0.15, 0.2) is 23.9 Å². The fraction of sp³-hybridized carbons (Fsp3) is 0.500. The van der Waals surface area contributed by atoms with Gasteiger partial charge in [-0.3, -0.25) is 4.79 Å². The van der Waals surface area contributed by atoms with Crippen molar-refractivity contribution < 1.29 is 4.79 Å². The van der Waals surface area contributed by atoms with Gasteiger partial charge in [-0.25, -0.2) is 0 Å². The van der Waals surface area contributed by atoms with E-state index in [1.165, 1.54) is 0 Å². The SMILES string of the molecule is C/C=C/CCNC1=CC(=O)CC1. The predicted molar refractivity (Wildman–Crippen MR) is 49.8 cm³/mol. The second-order valence-corrected chi connectivity index (χ2v) is 2.92. The smallest absolute Gasteiger partial charge is 0.157 e. The van der Waals surface area contributed by atoms with Crippen LogP contribution in [0, 0.1) is 0 Å². The number of hydrogen-bond acceptors (Lipinski definition) is 2. The third-order valence-corrected chi connectivity index (χ3v) is 1.87. The highest BCUT2D eigenvalue weighted by molar-refractivity contribution is 5.92. The predicted octanol–water partition coefficient (Wildman–Crippen LogP) is 1.79. The van der Waals surface area contributed by atoms with Crippen molar-refractivity contribution in [3.8, 4) is 0 Å². The summed E-state index contributed by atoms with van der Waals surface area (Å²) in [6, 6.07) is 0. The number of carbonyl (C=O) groups excluding carboxylic acids is 1. The Balaban J connectivity index is 2.15. The number of nitrogens with one attached hydrogen (secondary N) is 1. The van der Waals surface area contributed by atoms with Crippen molar-refractivity contribution in [2.75, 3.05) is 6.54 Å². The summed E-state index contributed by atoms with van der Waals surface area (Å²) in [4.78, 5) is 10.8. The molecule has 0 aromatic carbocycles. The van der Waals surface area contributed by atoms with E-state index in [4.69, 9.17) is 0 Å². The third-order valence-electron chi connectivity index (χ3n) is 1.87. The number of rotatable bonds is 4. The lowest BCUT2D eigenvalue weighted by atomic mass is 10.3. The topological polar surface area (TPSA) is 29.1 Å². The molecule has 0 atom stereocenters. The maximum atomic E-state index is 10.8. The number of carbonyl (C=O) groups is 1. The molecule has 0 saturated carbocycles. The average molecular weight is 165 g/mol. The van der Waals surface area contributed by atoms with Crippen molar-refractivity contribution in [2.45, 2.75) is 26.2 Å². The lowest BCUT2D eigenvalue weighted by Crippen LogP contribution is -2.12. The van der Waals surface area contributed by atoms with Crippen LogP contribution in [0.4, 0.5) is 0 Å². The van der Waals surface area contributed by atoms with Crippen LogP contribution in [-0.4, -0.2) is 12.3 Å². The number of ketones is 1. The van der Waals surface area contributed by atoms with Gasteiger partial charge in [-0.2, -0.15) is 0 Å². The van der Waals surface area contributed by atoms with Gasteiger partial charge < -0.3 is 5.32 Å². The Morgan fingerprint density at radius 3 is 3.00 bits per heavy atom. The molecule has 12 heavy (non-hydrogen) atoms. The normalized spacial score (nSPS) is 17.1. The first kappa shape index (κ1) is 9.04. The molecule has 0 bridgehead atoms. The maximum Gasteiger partial charge on any atom is 0.157 e. The largest absolute Gasteiger partial charge is 0.388 e. The molecule has 2 heteroatoms. The molecule has 0 aromatic heterocycles. The zero-order chi connectivity index (χ0) is 8.81. The van der Waals surface area contributed by atoms with Crippen molar-refractivity contribution in [2.24, 2.45) is 0 Å². The molecule has 0 fully saturated rings. The summed E-state index contributed by atoms with van der Waals surface area (Å²) < 4.78 is 0. The number of allylic oxidation sites excluding steroid dienone is 3. The van der Waals surface area contributed by atoms with E-state index in [0.717, 1.165) is 25.1 Å². The summed E-state index contributed by atoms with van der Waals surface area (Å²) in [7, 11) is 0. The zero-order valence-corrected chi connectivity index (χ0v) is 7.47. The van der Waals surface area contributed by atoms with Crippen LogP contribution in [0.25, 0.3) is 0 Å². The Morgan fingerprint density at radius 1 is 1.58 bits per heavy atom. The van der Waals surface area contributed by atoms with Gasteiger partial charge in [-0.05, 0) is 19.8 Å². The lowest BCUT2D eigenvalue weighted by Gasteiger charge is -2.02. The summed E-state index contributed by atoms with van der Waals surface area (Å²) in [5, 5.41) is 3.24. The third kappa shape index (κ3) is 2.91. The average Bonchev–Trinajstić information content (AvgIpc) is 2.45. The van der Waals surface area contributed by atoms with Gasteiger partial charge in [0.15, 0.2) is 5.78 Å². The molecule has 0 aliphatic heterocycles. The van der Waals surface area contributed by atoms with Crippen LogP contribution < -0.4 is 5.32 Å². The first-order valence-electron chi connectivity index (χ1n) is 4.41. The van der Waals surface area contributed by atoms with Gasteiger partial charge in [-0.1, -0.05) is 12.2 Å². The lowest BCUT2D eigenvalue weighted by molar-refractivity contribution is -0.114. The molecular formula is C10H15NO. The first-order chi connectivity index (χ1) is 5.83. The van der Waals surface area contributed by atoms with Crippen LogP contribution in [0.5, 0.6) is 0 Å². The van der Waals surface area contributed by atoms with E-state index in [9.17, 15) is 4.79 Å². The first-order valence-corrected chi connectivity index (χ1v) is 4.41. The fourth-order valence-corrected chi connectivity index (χ4v) is 1.22. The van der Waals surface area contributed by atoms with Crippen LogP contribution >= 0.6 is 0 Å². The molecule has 0 radical (unpaired) electrons. The van der Waals surface area contributed by atoms with Gasteiger partial charge in [0, 0.05) is 24.7 Å². The summed E-state index contributed by atoms with van der Waals surface area (Å²) in [5.74, 6) is 0.253. The van der Waals surface area contributed by atoms with Gasteiger partial charge in [0.1, 0.15) is 0 Å². The van der Waals surface area contributed by atoms with Crippen molar-refractivity contribution in [1.29, 1.82) is 0 Å². The van der Waals surface area contributed by atoms with E-state index in [1.54, 1.807) is 6.08 Å². The van der Waals surface area contributed by atoms with Crippen molar-refractivity contribution >= 4 is 5.78 Å². The molecule has 0 spiro atoms. The Kier molecular flexibility index (Phi) is 3.58. The van der Waals surface area contributed by atoms with E-state index >= 15 is 0 Å². The summed E-state index contributed by atoms with van der Waals surface area (Å²) in [5.41, 5.74) is 1.10.